The van der Waals surface area contributed by atoms with Crippen LogP contribution in [0, 0.1) is 20.8 Å². The number of thiophene rings is 1. The number of guanidine groups is 1. The first-order valence-electron chi connectivity index (χ1n) is 9.01. The van der Waals surface area contributed by atoms with Gasteiger partial charge in [0.2, 0.25) is 0 Å². The molecule has 8 heteroatoms. The predicted octanol–water partition coefficient (Wildman–Crippen LogP) is 4.55. The Bertz CT molecular complexity index is 887. The fourth-order valence-corrected chi connectivity index (χ4v) is 5.04. The molecule has 3 aromatic heterocycles. The van der Waals surface area contributed by atoms with E-state index in [1.807, 2.05) is 25.2 Å². The van der Waals surface area contributed by atoms with Gasteiger partial charge in [0.05, 0.1) is 27.8 Å². The molecule has 144 valence electrons. The van der Waals surface area contributed by atoms with Gasteiger partial charge in [0.15, 0.2) is 5.96 Å². The van der Waals surface area contributed by atoms with Crippen LogP contribution in [0.1, 0.15) is 32.4 Å². The van der Waals surface area contributed by atoms with Crippen molar-refractivity contribution >= 4 is 40.0 Å². The second-order valence-electron chi connectivity index (χ2n) is 6.14. The zero-order valence-corrected chi connectivity index (χ0v) is 18.6. The van der Waals surface area contributed by atoms with Gasteiger partial charge in [-0.2, -0.15) is 0 Å². The molecule has 0 aromatic carbocycles. The topological polar surface area (TPSA) is 62.2 Å². The summed E-state index contributed by atoms with van der Waals surface area (Å²) >= 11 is 5.23. The first-order chi connectivity index (χ1) is 13.0. The Morgan fingerprint density at radius 1 is 1.11 bits per heavy atom. The first-order valence-corrected chi connectivity index (χ1v) is 11.5. The third-order valence-corrected chi connectivity index (χ3v) is 6.99. The van der Waals surface area contributed by atoms with Crippen LogP contribution >= 0.6 is 34.0 Å². The van der Waals surface area contributed by atoms with Crippen molar-refractivity contribution in [1.29, 1.82) is 0 Å². The lowest BCUT2D eigenvalue weighted by atomic mass is 10.3. The number of hydrogen-bond donors (Lipinski definition) is 2. The third-order valence-electron chi connectivity index (χ3n) is 3.99. The summed E-state index contributed by atoms with van der Waals surface area (Å²) in [5.41, 5.74) is 2.19. The lowest BCUT2D eigenvalue weighted by Gasteiger charge is -2.10. The van der Waals surface area contributed by atoms with Crippen LogP contribution in [-0.2, 0) is 13.0 Å². The normalized spacial score (nSPS) is 11.8. The number of rotatable bonds is 7. The van der Waals surface area contributed by atoms with E-state index in [9.17, 15) is 0 Å². The molecule has 3 heterocycles. The van der Waals surface area contributed by atoms with E-state index in [1.165, 1.54) is 14.6 Å². The van der Waals surface area contributed by atoms with E-state index in [2.05, 4.69) is 57.0 Å². The molecule has 27 heavy (non-hydrogen) atoms. The molecule has 0 atom stereocenters. The fourth-order valence-electron chi connectivity index (χ4n) is 2.53. The van der Waals surface area contributed by atoms with Crippen molar-refractivity contribution in [3.8, 4) is 10.6 Å². The lowest BCUT2D eigenvalue weighted by Crippen LogP contribution is -2.38. The molecule has 3 rings (SSSR count). The highest BCUT2D eigenvalue weighted by atomic mass is 32.1. The van der Waals surface area contributed by atoms with Gasteiger partial charge in [-0.25, -0.2) is 15.0 Å². The van der Waals surface area contributed by atoms with Gasteiger partial charge in [0.25, 0.3) is 0 Å². The second-order valence-corrected chi connectivity index (χ2v) is 9.66. The Morgan fingerprint density at radius 3 is 2.63 bits per heavy atom. The number of thiazole rings is 2. The van der Waals surface area contributed by atoms with Crippen LogP contribution in [0.5, 0.6) is 0 Å². The fraction of sp³-hybridized carbons (Fsp3) is 0.421. The van der Waals surface area contributed by atoms with E-state index in [1.54, 1.807) is 22.7 Å². The maximum absolute atomic E-state index is 4.66. The van der Waals surface area contributed by atoms with Gasteiger partial charge >= 0.3 is 0 Å². The molecule has 2 N–H and O–H groups in total. The van der Waals surface area contributed by atoms with Crippen LogP contribution < -0.4 is 10.6 Å². The molecule has 3 aromatic rings. The number of nitrogens with zero attached hydrogens (tertiary/aromatic N) is 3. The van der Waals surface area contributed by atoms with E-state index in [0.29, 0.717) is 6.54 Å². The summed E-state index contributed by atoms with van der Waals surface area (Å²) in [6, 6.07) is 4.36. The average molecular weight is 420 g/mol. The molecule has 0 radical (unpaired) electrons. The molecule has 0 saturated heterocycles. The van der Waals surface area contributed by atoms with Crippen molar-refractivity contribution in [2.45, 2.75) is 40.7 Å². The number of nitrogens with one attached hydrogen (secondary N) is 2. The molecule has 0 fully saturated rings. The number of aromatic nitrogens is 2. The van der Waals surface area contributed by atoms with Crippen LogP contribution in [0.25, 0.3) is 10.6 Å². The van der Waals surface area contributed by atoms with E-state index in [-0.39, 0.29) is 0 Å². The van der Waals surface area contributed by atoms with Gasteiger partial charge in [-0.1, -0.05) is 0 Å². The minimum atomic E-state index is 0.612. The summed E-state index contributed by atoms with van der Waals surface area (Å²) in [5.74, 6) is 0.843. The number of aryl methyl sites for hydroxylation is 3. The van der Waals surface area contributed by atoms with Gasteiger partial charge in [-0.15, -0.1) is 34.0 Å². The molecule has 0 unspecified atom stereocenters. The van der Waals surface area contributed by atoms with Crippen LogP contribution in [0.15, 0.2) is 22.5 Å². The molecule has 0 spiro atoms. The van der Waals surface area contributed by atoms with Crippen molar-refractivity contribution in [2.24, 2.45) is 4.99 Å². The molecular weight excluding hydrogens is 394 g/mol. The van der Waals surface area contributed by atoms with Crippen molar-refractivity contribution in [3.05, 3.63) is 43.0 Å². The first kappa shape index (κ1) is 20.0. The molecule has 0 saturated carbocycles. The van der Waals surface area contributed by atoms with Gasteiger partial charge in [0.1, 0.15) is 5.01 Å². The summed E-state index contributed by atoms with van der Waals surface area (Å²) in [6.07, 6.45) is 0.966. The Balaban J connectivity index is 1.53. The highest BCUT2D eigenvalue weighted by Gasteiger charge is 2.07. The van der Waals surface area contributed by atoms with Gasteiger partial charge < -0.3 is 10.6 Å². The maximum atomic E-state index is 4.66. The molecule has 0 aliphatic rings. The Labute approximate surface area is 172 Å². The molecule has 5 nitrogen and oxygen atoms in total. The standard InChI is InChI=1S/C19H25N5S3/c1-5-20-19(22-10-18-23-12(2)13(3)26-18)21-9-8-15-6-7-17(27-15)16-11-25-14(4)24-16/h6-7,11H,5,8-10H2,1-4H3,(H2,20,21,22). The summed E-state index contributed by atoms with van der Waals surface area (Å²) < 4.78 is 0. The van der Waals surface area contributed by atoms with Crippen molar-refractivity contribution < 1.29 is 0 Å². The minimum absolute atomic E-state index is 0.612. The maximum Gasteiger partial charge on any atom is 0.191 e. The lowest BCUT2D eigenvalue weighted by molar-refractivity contribution is 0.803. The Hall–Kier alpha value is -1.77. The molecular formula is C19H25N5S3. The van der Waals surface area contributed by atoms with Gasteiger partial charge in [-0.3, -0.25) is 0 Å². The summed E-state index contributed by atoms with van der Waals surface area (Å²) in [7, 11) is 0. The minimum Gasteiger partial charge on any atom is -0.357 e. The average Bonchev–Trinajstić information content (AvgIpc) is 3.34. The van der Waals surface area contributed by atoms with Crippen molar-refractivity contribution in [3.63, 3.8) is 0 Å². The van der Waals surface area contributed by atoms with Crippen molar-refractivity contribution in [2.75, 3.05) is 13.1 Å². The quantitative estimate of drug-likeness (QED) is 0.436. The zero-order chi connectivity index (χ0) is 19.2. The van der Waals surface area contributed by atoms with Gasteiger partial charge in [-0.05, 0) is 46.2 Å². The molecule has 0 aliphatic carbocycles. The largest absolute Gasteiger partial charge is 0.357 e. The van der Waals surface area contributed by atoms with E-state index in [0.717, 1.165) is 46.9 Å². The smallest absolute Gasteiger partial charge is 0.191 e. The predicted molar refractivity (Wildman–Crippen MR) is 118 cm³/mol. The summed E-state index contributed by atoms with van der Waals surface area (Å²) in [6.45, 7) is 10.6. The number of aliphatic imine (C=N–C) groups is 1. The molecule has 0 bridgehead atoms. The van der Waals surface area contributed by atoms with Crippen LogP contribution in [0.3, 0.4) is 0 Å². The second kappa shape index (κ2) is 9.43. The zero-order valence-electron chi connectivity index (χ0n) is 16.1. The Kier molecular flexibility index (Phi) is 6.98. The van der Waals surface area contributed by atoms with Crippen molar-refractivity contribution in [1.82, 2.24) is 20.6 Å². The highest BCUT2D eigenvalue weighted by molar-refractivity contribution is 7.16. The van der Waals surface area contributed by atoms with Gasteiger partial charge in [0, 0.05) is 28.2 Å². The van der Waals surface area contributed by atoms with Crippen LogP contribution in [0.2, 0.25) is 0 Å². The van der Waals surface area contributed by atoms with E-state index < -0.39 is 0 Å². The molecule has 0 amide bonds. The number of hydrogen-bond acceptors (Lipinski definition) is 6. The highest BCUT2D eigenvalue weighted by Crippen LogP contribution is 2.29. The van der Waals surface area contributed by atoms with Crippen LogP contribution in [0.4, 0.5) is 0 Å². The monoisotopic (exact) mass is 419 g/mol. The Morgan fingerprint density at radius 2 is 1.96 bits per heavy atom. The van der Waals surface area contributed by atoms with E-state index in [4.69, 9.17) is 0 Å². The summed E-state index contributed by atoms with van der Waals surface area (Å²) in [4.78, 5) is 17.6. The van der Waals surface area contributed by atoms with E-state index >= 15 is 0 Å². The summed E-state index contributed by atoms with van der Waals surface area (Å²) in [5, 5.41) is 11.0. The molecule has 0 aliphatic heterocycles. The third kappa shape index (κ3) is 5.60. The SMILES string of the molecule is CCNC(=NCc1nc(C)c(C)s1)NCCc1ccc(-c2csc(C)n2)s1. The van der Waals surface area contributed by atoms with Crippen LogP contribution in [-0.4, -0.2) is 29.0 Å².